The van der Waals surface area contributed by atoms with E-state index < -0.39 is 0 Å². The van der Waals surface area contributed by atoms with Gasteiger partial charge in [0.25, 0.3) is 0 Å². The second-order valence-corrected chi connectivity index (χ2v) is 7.11. The quantitative estimate of drug-likeness (QED) is 0.704. The summed E-state index contributed by atoms with van der Waals surface area (Å²) in [5.74, 6) is 1.99. The van der Waals surface area contributed by atoms with Gasteiger partial charge in [0.2, 0.25) is 5.16 Å². The van der Waals surface area contributed by atoms with Crippen molar-refractivity contribution in [1.82, 2.24) is 14.9 Å². The number of methoxy groups -OCH3 is 2. The van der Waals surface area contributed by atoms with Crippen LogP contribution in [0, 0.1) is 0 Å². The summed E-state index contributed by atoms with van der Waals surface area (Å²) in [7, 11) is 3.23. The van der Waals surface area contributed by atoms with E-state index in [-0.39, 0.29) is 5.25 Å². The molecule has 4 rings (SSSR count). The minimum atomic E-state index is 0.201. The van der Waals surface area contributed by atoms with Gasteiger partial charge in [-0.1, -0.05) is 42.1 Å². The highest BCUT2D eigenvalue weighted by Crippen LogP contribution is 2.35. The molecule has 1 aliphatic rings. The monoisotopic (exact) mass is 366 g/mol. The van der Waals surface area contributed by atoms with Gasteiger partial charge in [0.1, 0.15) is 0 Å². The summed E-state index contributed by atoms with van der Waals surface area (Å²) in [6.07, 6.45) is 0. The maximum atomic E-state index is 5.40. The number of nitrogens with zero attached hydrogens (tertiary/aromatic N) is 4. The van der Waals surface area contributed by atoms with E-state index >= 15 is 0 Å². The fourth-order valence-corrected chi connectivity index (χ4v) is 3.81. The van der Waals surface area contributed by atoms with E-state index in [9.17, 15) is 0 Å². The first kappa shape index (κ1) is 16.7. The van der Waals surface area contributed by atoms with Gasteiger partial charge in [0.05, 0.1) is 25.2 Å². The van der Waals surface area contributed by atoms with Gasteiger partial charge in [-0.3, -0.25) is 0 Å². The Labute approximate surface area is 155 Å². The molecule has 26 heavy (non-hydrogen) atoms. The summed E-state index contributed by atoms with van der Waals surface area (Å²) in [6.45, 7) is 2.13. The lowest BCUT2D eigenvalue weighted by atomic mass is 10.1. The zero-order valence-corrected chi connectivity index (χ0v) is 15.5. The first-order valence-electron chi connectivity index (χ1n) is 8.20. The number of hydrogen-bond acceptors (Lipinski definition) is 6. The lowest BCUT2D eigenvalue weighted by Gasteiger charge is -2.20. The van der Waals surface area contributed by atoms with Gasteiger partial charge in [-0.2, -0.15) is 9.78 Å². The molecule has 0 saturated heterocycles. The van der Waals surface area contributed by atoms with Crippen molar-refractivity contribution < 1.29 is 9.47 Å². The van der Waals surface area contributed by atoms with Crippen LogP contribution in [0.4, 0.5) is 0 Å². The van der Waals surface area contributed by atoms with Crippen LogP contribution >= 0.6 is 11.8 Å². The molecule has 0 fully saturated rings. The summed E-state index contributed by atoms with van der Waals surface area (Å²) in [5.41, 5.74) is 2.97. The molecule has 1 aromatic heterocycles. The number of aromatic nitrogens is 3. The second-order valence-electron chi connectivity index (χ2n) is 5.80. The van der Waals surface area contributed by atoms with E-state index in [1.807, 2.05) is 36.4 Å². The van der Waals surface area contributed by atoms with Crippen molar-refractivity contribution >= 4 is 17.5 Å². The average Bonchev–Trinajstić information content (AvgIpc) is 3.10. The highest BCUT2D eigenvalue weighted by molar-refractivity contribution is 8.00. The van der Waals surface area contributed by atoms with Crippen molar-refractivity contribution in [2.45, 2.75) is 17.3 Å². The van der Waals surface area contributed by atoms with Crippen LogP contribution in [-0.2, 0) is 0 Å². The summed E-state index contributed by atoms with van der Waals surface area (Å²) in [4.78, 5) is 0. The van der Waals surface area contributed by atoms with Crippen molar-refractivity contribution in [1.29, 1.82) is 0 Å². The van der Waals surface area contributed by atoms with Gasteiger partial charge < -0.3 is 9.47 Å². The van der Waals surface area contributed by atoms with Gasteiger partial charge in [0.15, 0.2) is 17.3 Å². The molecule has 0 unspecified atom stereocenters. The summed E-state index contributed by atoms with van der Waals surface area (Å²) in [5, 5.41) is 14.5. The lowest BCUT2D eigenvalue weighted by molar-refractivity contribution is 0.355. The Hall–Kier alpha value is -2.80. The Bertz CT molecular complexity index is 969. The van der Waals surface area contributed by atoms with Crippen molar-refractivity contribution in [2.24, 2.45) is 5.10 Å². The van der Waals surface area contributed by atoms with E-state index in [1.165, 1.54) is 0 Å². The topological polar surface area (TPSA) is 61.5 Å². The van der Waals surface area contributed by atoms with Gasteiger partial charge >= 0.3 is 0 Å². The number of fused-ring (bicyclic) bond motifs is 1. The Morgan fingerprint density at radius 2 is 1.69 bits per heavy atom. The van der Waals surface area contributed by atoms with Crippen LogP contribution < -0.4 is 9.47 Å². The molecule has 7 heteroatoms. The third kappa shape index (κ3) is 2.84. The molecule has 0 bridgehead atoms. The maximum absolute atomic E-state index is 5.40. The largest absolute Gasteiger partial charge is 0.493 e. The van der Waals surface area contributed by atoms with Gasteiger partial charge in [0, 0.05) is 5.56 Å². The minimum absolute atomic E-state index is 0.201. The lowest BCUT2D eigenvalue weighted by Crippen LogP contribution is -2.21. The van der Waals surface area contributed by atoms with Crippen LogP contribution in [0.15, 0.2) is 58.8 Å². The predicted molar refractivity (Wildman–Crippen MR) is 102 cm³/mol. The molecule has 0 N–H and O–H groups in total. The fraction of sp³-hybridized carbons (Fsp3) is 0.211. The van der Waals surface area contributed by atoms with Crippen LogP contribution in [0.25, 0.3) is 11.4 Å². The average molecular weight is 366 g/mol. The molecule has 6 nitrogen and oxygen atoms in total. The summed E-state index contributed by atoms with van der Waals surface area (Å²) < 4.78 is 12.5. The van der Waals surface area contributed by atoms with Crippen LogP contribution in [0.2, 0.25) is 0 Å². The summed E-state index contributed by atoms with van der Waals surface area (Å²) >= 11 is 1.65. The molecule has 2 aromatic carbocycles. The fourth-order valence-electron chi connectivity index (χ4n) is 2.89. The van der Waals surface area contributed by atoms with Crippen LogP contribution in [-0.4, -0.2) is 40.1 Å². The van der Waals surface area contributed by atoms with Crippen molar-refractivity contribution in [3.05, 3.63) is 54.1 Å². The van der Waals surface area contributed by atoms with E-state index in [2.05, 4.69) is 29.3 Å². The highest BCUT2D eigenvalue weighted by Gasteiger charge is 2.26. The van der Waals surface area contributed by atoms with E-state index in [0.717, 1.165) is 22.0 Å². The number of benzene rings is 2. The first-order valence-corrected chi connectivity index (χ1v) is 9.08. The van der Waals surface area contributed by atoms with Crippen LogP contribution in [0.1, 0.15) is 12.5 Å². The molecule has 2 heterocycles. The Kier molecular flexibility index (Phi) is 4.38. The van der Waals surface area contributed by atoms with Gasteiger partial charge in [-0.25, -0.2) is 0 Å². The Balaban J connectivity index is 1.81. The third-order valence-corrected chi connectivity index (χ3v) is 5.24. The minimum Gasteiger partial charge on any atom is -0.493 e. The number of thioether (sulfide) groups is 1. The van der Waals surface area contributed by atoms with Crippen LogP contribution in [0.3, 0.4) is 0 Å². The number of rotatable bonds is 4. The predicted octanol–water partition coefficient (Wildman–Crippen LogP) is 3.71. The Morgan fingerprint density at radius 1 is 0.923 bits per heavy atom. The molecule has 0 spiro atoms. The molecule has 3 aromatic rings. The summed E-state index contributed by atoms with van der Waals surface area (Å²) in [6, 6.07) is 15.9. The molecule has 0 radical (unpaired) electrons. The number of hydrogen-bond donors (Lipinski definition) is 0. The maximum Gasteiger partial charge on any atom is 0.213 e. The molecular formula is C19H18N4O2S. The molecular weight excluding hydrogens is 348 g/mol. The molecule has 0 aliphatic carbocycles. The molecule has 1 aliphatic heterocycles. The molecule has 0 amide bonds. The van der Waals surface area contributed by atoms with Crippen molar-refractivity contribution in [3.63, 3.8) is 0 Å². The van der Waals surface area contributed by atoms with E-state index in [1.54, 1.807) is 30.7 Å². The molecule has 0 saturated carbocycles. The highest BCUT2D eigenvalue weighted by atomic mass is 32.2. The van der Waals surface area contributed by atoms with E-state index in [4.69, 9.17) is 14.6 Å². The zero-order chi connectivity index (χ0) is 18.1. The number of ether oxygens (including phenoxy) is 2. The first-order chi connectivity index (χ1) is 12.7. The normalized spacial score (nSPS) is 16.0. The Morgan fingerprint density at radius 3 is 2.42 bits per heavy atom. The molecule has 132 valence electrons. The molecule has 1 atom stereocenters. The SMILES string of the molecule is COc1ccc(-c2nnc3n2N=C(c2ccccc2)[C@H](C)S3)cc1OC. The standard InChI is InChI=1S/C19H18N4O2S/c1-12-17(13-7-5-4-6-8-13)22-23-18(20-21-19(23)26-12)14-9-10-15(24-2)16(11-14)25-3/h4-12H,1-3H3/t12-/m0/s1. The van der Waals surface area contributed by atoms with E-state index in [0.29, 0.717) is 17.3 Å². The van der Waals surface area contributed by atoms with Crippen molar-refractivity contribution in [3.8, 4) is 22.9 Å². The zero-order valence-electron chi connectivity index (χ0n) is 14.7. The van der Waals surface area contributed by atoms with Gasteiger partial charge in [-0.05, 0) is 30.7 Å². The smallest absolute Gasteiger partial charge is 0.213 e. The van der Waals surface area contributed by atoms with Gasteiger partial charge in [-0.15, -0.1) is 10.2 Å². The third-order valence-electron chi connectivity index (χ3n) is 4.20. The van der Waals surface area contributed by atoms with Crippen molar-refractivity contribution in [2.75, 3.05) is 14.2 Å². The van der Waals surface area contributed by atoms with Crippen LogP contribution in [0.5, 0.6) is 11.5 Å². The second kappa shape index (κ2) is 6.84.